The average molecular weight is 433 g/mol. The van der Waals surface area contributed by atoms with Crippen LogP contribution in [0.1, 0.15) is 102 Å². The van der Waals surface area contributed by atoms with E-state index in [9.17, 15) is 14.7 Å². The highest BCUT2D eigenvalue weighted by Crippen LogP contribution is 2.43. The van der Waals surface area contributed by atoms with Crippen molar-refractivity contribution in [3.05, 3.63) is 29.3 Å². The maximum Gasteiger partial charge on any atom is 0.309 e. The number of aromatic hydroxyl groups is 1. The molecular weight excluding hydrogens is 392 g/mol. The first kappa shape index (κ1) is 25.2. The van der Waals surface area contributed by atoms with Gasteiger partial charge in [-0.1, -0.05) is 38.2 Å². The monoisotopic (exact) mass is 432 g/mol. The number of phenols is 1. The summed E-state index contributed by atoms with van der Waals surface area (Å²) in [6.07, 6.45) is 14.3. The van der Waals surface area contributed by atoms with Gasteiger partial charge >= 0.3 is 5.97 Å². The Morgan fingerprint density at radius 2 is 1.52 bits per heavy atom. The fourth-order valence-corrected chi connectivity index (χ4v) is 4.19. The van der Waals surface area contributed by atoms with E-state index in [0.717, 1.165) is 83.5 Å². The van der Waals surface area contributed by atoms with Crippen molar-refractivity contribution in [3.63, 3.8) is 0 Å². The van der Waals surface area contributed by atoms with Crippen LogP contribution in [0.15, 0.2) is 18.2 Å². The molecule has 31 heavy (non-hydrogen) atoms. The van der Waals surface area contributed by atoms with E-state index in [-0.39, 0.29) is 5.60 Å². The highest BCUT2D eigenvalue weighted by molar-refractivity contribution is 5.73. The predicted molar refractivity (Wildman–Crippen MR) is 122 cm³/mol. The summed E-state index contributed by atoms with van der Waals surface area (Å²) in [7, 11) is 0. The maximum atomic E-state index is 11.1. The number of carbonyl (C=O) groups is 2. The minimum Gasteiger partial charge on any atom is -0.508 e. The lowest BCUT2D eigenvalue weighted by Gasteiger charge is -2.18. The number of carboxylic acid groups (broad SMARTS) is 1. The second-order valence-electron chi connectivity index (χ2n) is 9.92. The first-order valence-electron chi connectivity index (χ1n) is 11.9. The Hall–Kier alpha value is -2.04. The molecule has 1 saturated carbocycles. The zero-order valence-electron chi connectivity index (χ0n) is 19.3. The standard InChI is InChI=1S/C26H40O5/c1-25(2,24(29)30)13-9-5-3-7-11-21-17-22(19-23(28)18-21)12-8-4-6-10-14-26(15-16-26)31-20-27/h17-20,28H,3-16H2,1-2H3,(H,29,30). The van der Waals surface area contributed by atoms with Crippen LogP contribution in [0.4, 0.5) is 0 Å². The van der Waals surface area contributed by atoms with Crippen molar-refractivity contribution < 1.29 is 24.5 Å². The normalized spacial score (nSPS) is 14.9. The molecule has 0 spiro atoms. The molecule has 0 aromatic heterocycles. The number of rotatable bonds is 17. The molecule has 0 unspecified atom stereocenters. The van der Waals surface area contributed by atoms with Crippen molar-refractivity contribution in [3.8, 4) is 5.75 Å². The predicted octanol–water partition coefficient (Wildman–Crippen LogP) is 6.19. The molecule has 0 amide bonds. The molecule has 5 nitrogen and oxygen atoms in total. The molecule has 5 heteroatoms. The minimum absolute atomic E-state index is 0.131. The summed E-state index contributed by atoms with van der Waals surface area (Å²) in [5, 5.41) is 19.2. The number of aryl methyl sites for hydroxylation is 2. The molecule has 174 valence electrons. The number of carboxylic acids is 1. The van der Waals surface area contributed by atoms with Crippen LogP contribution in [-0.2, 0) is 27.2 Å². The summed E-state index contributed by atoms with van der Waals surface area (Å²) in [5.41, 5.74) is 1.61. The average Bonchev–Trinajstić information content (AvgIpc) is 3.46. The number of aliphatic carboxylic acids is 1. The van der Waals surface area contributed by atoms with Crippen LogP contribution >= 0.6 is 0 Å². The number of carbonyl (C=O) groups excluding carboxylic acids is 1. The number of hydrogen-bond donors (Lipinski definition) is 2. The third kappa shape index (κ3) is 9.32. The van der Waals surface area contributed by atoms with Gasteiger partial charge in [0, 0.05) is 0 Å². The zero-order valence-corrected chi connectivity index (χ0v) is 19.3. The van der Waals surface area contributed by atoms with Crippen molar-refractivity contribution in [2.45, 2.75) is 109 Å². The third-order valence-corrected chi connectivity index (χ3v) is 6.59. The van der Waals surface area contributed by atoms with E-state index in [4.69, 9.17) is 9.84 Å². The number of hydrogen-bond acceptors (Lipinski definition) is 4. The van der Waals surface area contributed by atoms with Gasteiger partial charge in [0.2, 0.25) is 0 Å². The summed E-state index contributed by atoms with van der Waals surface area (Å²) in [4.78, 5) is 21.7. The molecule has 0 saturated heterocycles. The van der Waals surface area contributed by atoms with Crippen LogP contribution in [0.25, 0.3) is 0 Å². The summed E-state index contributed by atoms with van der Waals surface area (Å²) in [6, 6.07) is 5.94. The molecule has 1 aromatic carbocycles. The van der Waals surface area contributed by atoms with E-state index >= 15 is 0 Å². The van der Waals surface area contributed by atoms with E-state index in [1.807, 2.05) is 12.1 Å². The number of phenolic OH excluding ortho intramolecular Hbond substituents is 1. The van der Waals surface area contributed by atoms with Crippen molar-refractivity contribution >= 4 is 12.4 Å². The van der Waals surface area contributed by atoms with Gasteiger partial charge in [0.25, 0.3) is 6.47 Å². The Morgan fingerprint density at radius 1 is 0.968 bits per heavy atom. The highest BCUT2D eigenvalue weighted by atomic mass is 16.5. The van der Waals surface area contributed by atoms with Crippen LogP contribution < -0.4 is 0 Å². The summed E-state index contributed by atoms with van der Waals surface area (Å²) in [6.45, 7) is 4.16. The molecule has 1 aliphatic rings. The lowest BCUT2D eigenvalue weighted by Crippen LogP contribution is -2.23. The van der Waals surface area contributed by atoms with E-state index in [1.165, 1.54) is 11.1 Å². The van der Waals surface area contributed by atoms with Crippen molar-refractivity contribution in [2.75, 3.05) is 0 Å². The summed E-state index contributed by atoms with van der Waals surface area (Å²) < 4.78 is 5.19. The maximum absolute atomic E-state index is 11.1. The van der Waals surface area contributed by atoms with E-state index in [2.05, 4.69) is 6.07 Å². The Labute approximate surface area is 187 Å². The molecule has 1 aromatic rings. The molecule has 0 radical (unpaired) electrons. The van der Waals surface area contributed by atoms with Crippen LogP contribution in [0.3, 0.4) is 0 Å². The second kappa shape index (κ2) is 12.1. The second-order valence-corrected chi connectivity index (χ2v) is 9.92. The Kier molecular flexibility index (Phi) is 9.86. The van der Waals surface area contributed by atoms with Crippen LogP contribution in [0, 0.1) is 5.41 Å². The molecular formula is C26H40O5. The largest absolute Gasteiger partial charge is 0.508 e. The van der Waals surface area contributed by atoms with Gasteiger partial charge in [-0.15, -0.1) is 0 Å². The number of benzene rings is 1. The van der Waals surface area contributed by atoms with E-state index < -0.39 is 11.4 Å². The van der Waals surface area contributed by atoms with Gasteiger partial charge in [-0.25, -0.2) is 0 Å². The molecule has 0 heterocycles. The molecule has 0 bridgehead atoms. The van der Waals surface area contributed by atoms with E-state index in [1.54, 1.807) is 13.8 Å². The molecule has 2 N–H and O–H groups in total. The third-order valence-electron chi connectivity index (χ3n) is 6.59. The molecule has 0 aliphatic heterocycles. The summed E-state index contributed by atoms with van der Waals surface area (Å²) in [5.74, 6) is -0.379. The Bertz CT molecular complexity index is 706. The highest BCUT2D eigenvalue weighted by Gasteiger charge is 2.44. The van der Waals surface area contributed by atoms with E-state index in [0.29, 0.717) is 18.6 Å². The molecule has 0 atom stereocenters. The minimum atomic E-state index is -0.724. The zero-order chi connectivity index (χ0) is 22.7. The fourth-order valence-electron chi connectivity index (χ4n) is 4.19. The van der Waals surface area contributed by atoms with Gasteiger partial charge < -0.3 is 14.9 Å². The molecule has 2 rings (SSSR count). The fraction of sp³-hybridized carbons (Fsp3) is 0.692. The van der Waals surface area contributed by atoms with Gasteiger partial charge in [-0.3, -0.25) is 9.59 Å². The summed E-state index contributed by atoms with van der Waals surface area (Å²) >= 11 is 0. The van der Waals surface area contributed by atoms with Gasteiger partial charge in [0.1, 0.15) is 11.4 Å². The quantitative estimate of drug-likeness (QED) is 0.226. The molecule has 1 aliphatic carbocycles. The van der Waals surface area contributed by atoms with Crippen molar-refractivity contribution in [1.29, 1.82) is 0 Å². The molecule has 1 fully saturated rings. The van der Waals surface area contributed by atoms with Crippen LogP contribution in [-0.4, -0.2) is 28.3 Å². The van der Waals surface area contributed by atoms with Gasteiger partial charge in [0.05, 0.1) is 5.41 Å². The van der Waals surface area contributed by atoms with Crippen molar-refractivity contribution in [1.82, 2.24) is 0 Å². The number of unbranched alkanes of at least 4 members (excludes halogenated alkanes) is 6. The number of ether oxygens (including phenoxy) is 1. The topological polar surface area (TPSA) is 83.8 Å². The van der Waals surface area contributed by atoms with Crippen LogP contribution in [0.5, 0.6) is 5.75 Å². The van der Waals surface area contributed by atoms with Crippen molar-refractivity contribution in [2.24, 2.45) is 5.41 Å². The van der Waals surface area contributed by atoms with Gasteiger partial charge in [0.15, 0.2) is 0 Å². The van der Waals surface area contributed by atoms with Gasteiger partial charge in [-0.2, -0.15) is 0 Å². The lowest BCUT2D eigenvalue weighted by atomic mass is 9.87. The first-order chi connectivity index (χ1) is 14.8. The lowest BCUT2D eigenvalue weighted by molar-refractivity contribution is -0.147. The van der Waals surface area contributed by atoms with Crippen LogP contribution in [0.2, 0.25) is 0 Å². The van der Waals surface area contributed by atoms with Gasteiger partial charge in [-0.05, 0) is 94.9 Å². The SMILES string of the molecule is CC(C)(CCCCCCc1cc(O)cc(CCCCCCC2(OC=O)CC2)c1)C(=O)O. The Balaban J connectivity index is 1.60. The smallest absolute Gasteiger partial charge is 0.309 e. The first-order valence-corrected chi connectivity index (χ1v) is 11.9. The Morgan fingerprint density at radius 3 is 2.03 bits per heavy atom.